The van der Waals surface area contributed by atoms with Gasteiger partial charge in [0, 0.05) is 13.1 Å². The molecule has 0 saturated carbocycles. The van der Waals surface area contributed by atoms with E-state index in [-0.39, 0.29) is 6.54 Å². The molecule has 2 aromatic rings. The summed E-state index contributed by atoms with van der Waals surface area (Å²) in [5.74, 6) is 1.50. The van der Waals surface area contributed by atoms with Crippen molar-refractivity contribution >= 4 is 17.6 Å². The Labute approximate surface area is 122 Å². The van der Waals surface area contributed by atoms with E-state index in [9.17, 15) is 4.79 Å². The lowest BCUT2D eigenvalue weighted by molar-refractivity contribution is 0.151. The Morgan fingerprint density at radius 2 is 2.14 bits per heavy atom. The van der Waals surface area contributed by atoms with E-state index in [2.05, 4.69) is 25.5 Å². The van der Waals surface area contributed by atoms with Crippen molar-refractivity contribution in [3.8, 4) is 0 Å². The first-order valence-electron chi connectivity index (χ1n) is 7.15. The van der Waals surface area contributed by atoms with Crippen LogP contribution in [-0.4, -0.2) is 45.6 Å². The minimum atomic E-state index is -0.468. The van der Waals surface area contributed by atoms with Gasteiger partial charge in [0.1, 0.15) is 5.82 Å². The van der Waals surface area contributed by atoms with Gasteiger partial charge in [-0.3, -0.25) is 0 Å². The van der Waals surface area contributed by atoms with Crippen LogP contribution in [0.1, 0.15) is 25.6 Å². The summed E-state index contributed by atoms with van der Waals surface area (Å²) in [5.41, 5.74) is 0.665. The molecule has 2 aromatic heterocycles. The number of aromatic nitrogens is 4. The monoisotopic (exact) mass is 290 g/mol. The highest BCUT2D eigenvalue weighted by molar-refractivity contribution is 5.66. The molecule has 0 aromatic carbocycles. The summed E-state index contributed by atoms with van der Waals surface area (Å²) in [6.07, 6.45) is 1.92. The summed E-state index contributed by atoms with van der Waals surface area (Å²) in [6, 6.07) is 3.85. The van der Waals surface area contributed by atoms with E-state index in [1.165, 1.54) is 12.8 Å². The zero-order valence-electron chi connectivity index (χ0n) is 11.9. The molecular weight excluding hydrogens is 272 g/mol. The summed E-state index contributed by atoms with van der Waals surface area (Å²) in [5, 5.41) is 15.3. The smallest absolute Gasteiger partial charge is 0.407 e. The normalized spacial score (nSPS) is 14.6. The SMILES string of the molecule is CCOC(=O)NCc1nnc2ccc(N3CCCC3)nn12. The van der Waals surface area contributed by atoms with Gasteiger partial charge in [0.15, 0.2) is 11.5 Å². The lowest BCUT2D eigenvalue weighted by atomic mass is 10.4. The number of hydrogen-bond acceptors (Lipinski definition) is 6. The van der Waals surface area contributed by atoms with Gasteiger partial charge in [0.05, 0.1) is 13.2 Å². The molecule has 21 heavy (non-hydrogen) atoms. The molecule has 0 radical (unpaired) electrons. The fourth-order valence-electron chi connectivity index (χ4n) is 2.38. The number of hydrogen-bond donors (Lipinski definition) is 1. The molecule has 1 saturated heterocycles. The molecule has 3 heterocycles. The van der Waals surface area contributed by atoms with Crippen LogP contribution < -0.4 is 10.2 Å². The number of rotatable bonds is 4. The van der Waals surface area contributed by atoms with E-state index in [1.54, 1.807) is 11.4 Å². The molecule has 1 amide bonds. The van der Waals surface area contributed by atoms with Gasteiger partial charge in [0.2, 0.25) is 0 Å². The standard InChI is InChI=1S/C13H18N6O2/c1-2-21-13(20)14-9-12-16-15-10-5-6-11(17-19(10)12)18-7-3-4-8-18/h5-6H,2-4,7-9H2,1H3,(H,14,20). The lowest BCUT2D eigenvalue weighted by Gasteiger charge is -2.15. The van der Waals surface area contributed by atoms with Gasteiger partial charge in [-0.05, 0) is 31.9 Å². The van der Waals surface area contributed by atoms with E-state index in [0.29, 0.717) is 18.1 Å². The number of alkyl carbamates (subject to hydrolysis) is 1. The molecule has 1 aliphatic heterocycles. The summed E-state index contributed by atoms with van der Waals surface area (Å²) in [4.78, 5) is 13.6. The minimum absolute atomic E-state index is 0.233. The fraction of sp³-hybridized carbons (Fsp3) is 0.538. The molecule has 0 unspecified atom stereocenters. The largest absolute Gasteiger partial charge is 0.450 e. The van der Waals surface area contributed by atoms with Gasteiger partial charge >= 0.3 is 6.09 Å². The highest BCUT2D eigenvalue weighted by atomic mass is 16.5. The van der Waals surface area contributed by atoms with E-state index in [4.69, 9.17) is 4.74 Å². The first kappa shape index (κ1) is 13.6. The quantitative estimate of drug-likeness (QED) is 0.903. The Kier molecular flexibility index (Phi) is 3.85. The zero-order valence-corrected chi connectivity index (χ0v) is 11.9. The lowest BCUT2D eigenvalue weighted by Crippen LogP contribution is -2.25. The van der Waals surface area contributed by atoms with Crippen LogP contribution in [0.25, 0.3) is 5.65 Å². The van der Waals surface area contributed by atoms with Crippen LogP contribution in [0.3, 0.4) is 0 Å². The van der Waals surface area contributed by atoms with Crippen molar-refractivity contribution in [3.63, 3.8) is 0 Å². The van der Waals surface area contributed by atoms with Crippen LogP contribution in [0.5, 0.6) is 0 Å². The van der Waals surface area contributed by atoms with Gasteiger partial charge in [-0.15, -0.1) is 15.3 Å². The summed E-state index contributed by atoms with van der Waals surface area (Å²) in [6.45, 7) is 4.38. The zero-order chi connectivity index (χ0) is 14.7. The van der Waals surface area contributed by atoms with Gasteiger partial charge in [-0.1, -0.05) is 0 Å². The maximum atomic E-state index is 11.3. The van der Waals surface area contributed by atoms with Crippen molar-refractivity contribution in [1.82, 2.24) is 25.1 Å². The number of ether oxygens (including phenoxy) is 1. The van der Waals surface area contributed by atoms with Crippen molar-refractivity contribution in [2.75, 3.05) is 24.6 Å². The average Bonchev–Trinajstić information content (AvgIpc) is 3.14. The highest BCUT2D eigenvalue weighted by Crippen LogP contribution is 2.17. The molecule has 1 N–H and O–H groups in total. The third-order valence-electron chi connectivity index (χ3n) is 3.41. The minimum Gasteiger partial charge on any atom is -0.450 e. The van der Waals surface area contributed by atoms with Gasteiger partial charge in [-0.25, -0.2) is 4.79 Å². The number of carbonyl (C=O) groups excluding carboxylic acids is 1. The second-order valence-corrected chi connectivity index (χ2v) is 4.85. The van der Waals surface area contributed by atoms with Crippen LogP contribution in [-0.2, 0) is 11.3 Å². The molecule has 8 heteroatoms. The number of nitrogens with zero attached hydrogens (tertiary/aromatic N) is 5. The maximum Gasteiger partial charge on any atom is 0.407 e. The Hall–Kier alpha value is -2.38. The molecule has 0 bridgehead atoms. The highest BCUT2D eigenvalue weighted by Gasteiger charge is 2.16. The molecule has 0 spiro atoms. The van der Waals surface area contributed by atoms with Gasteiger partial charge in [-0.2, -0.15) is 4.52 Å². The molecule has 1 aliphatic rings. The van der Waals surface area contributed by atoms with Crippen LogP contribution in [0.4, 0.5) is 10.6 Å². The maximum absolute atomic E-state index is 11.3. The number of amides is 1. The number of fused-ring (bicyclic) bond motifs is 1. The van der Waals surface area contributed by atoms with E-state index >= 15 is 0 Å². The molecule has 8 nitrogen and oxygen atoms in total. The third kappa shape index (κ3) is 2.88. The summed E-state index contributed by atoms with van der Waals surface area (Å²) < 4.78 is 6.49. The number of carbonyl (C=O) groups is 1. The first-order valence-corrected chi connectivity index (χ1v) is 7.15. The number of nitrogens with one attached hydrogen (secondary N) is 1. The molecule has 112 valence electrons. The van der Waals surface area contributed by atoms with Crippen molar-refractivity contribution in [2.24, 2.45) is 0 Å². The van der Waals surface area contributed by atoms with Crippen molar-refractivity contribution < 1.29 is 9.53 Å². The predicted octanol–water partition coefficient (Wildman–Crippen LogP) is 0.971. The fourth-order valence-corrected chi connectivity index (χ4v) is 2.38. The molecule has 1 fully saturated rings. The van der Waals surface area contributed by atoms with Crippen molar-refractivity contribution in [1.29, 1.82) is 0 Å². The van der Waals surface area contributed by atoms with E-state index in [0.717, 1.165) is 18.9 Å². The van der Waals surface area contributed by atoms with Crippen LogP contribution in [0.15, 0.2) is 12.1 Å². The van der Waals surface area contributed by atoms with Crippen LogP contribution in [0.2, 0.25) is 0 Å². The van der Waals surface area contributed by atoms with Crippen LogP contribution >= 0.6 is 0 Å². The topological polar surface area (TPSA) is 84.6 Å². The molecule has 0 atom stereocenters. The average molecular weight is 290 g/mol. The van der Waals surface area contributed by atoms with Gasteiger partial charge in [0.25, 0.3) is 0 Å². The second-order valence-electron chi connectivity index (χ2n) is 4.85. The Morgan fingerprint density at radius 3 is 2.90 bits per heavy atom. The summed E-state index contributed by atoms with van der Waals surface area (Å²) >= 11 is 0. The molecule has 3 rings (SSSR count). The van der Waals surface area contributed by atoms with Gasteiger partial charge < -0.3 is 15.0 Å². The molecule has 0 aliphatic carbocycles. The Balaban J connectivity index is 1.78. The second kappa shape index (κ2) is 5.94. The predicted molar refractivity (Wildman–Crippen MR) is 76.1 cm³/mol. The van der Waals surface area contributed by atoms with Crippen molar-refractivity contribution in [2.45, 2.75) is 26.3 Å². The number of anilines is 1. The Bertz CT molecular complexity index is 635. The van der Waals surface area contributed by atoms with Crippen LogP contribution in [0, 0.1) is 0 Å². The molecular formula is C13H18N6O2. The Morgan fingerprint density at radius 1 is 1.33 bits per heavy atom. The van der Waals surface area contributed by atoms with E-state index < -0.39 is 6.09 Å². The first-order chi connectivity index (χ1) is 10.3. The summed E-state index contributed by atoms with van der Waals surface area (Å²) in [7, 11) is 0. The van der Waals surface area contributed by atoms with Crippen molar-refractivity contribution in [3.05, 3.63) is 18.0 Å². The third-order valence-corrected chi connectivity index (χ3v) is 3.41. The van der Waals surface area contributed by atoms with E-state index in [1.807, 2.05) is 12.1 Å².